The summed E-state index contributed by atoms with van der Waals surface area (Å²) in [7, 11) is 1.58. The van der Waals surface area contributed by atoms with Gasteiger partial charge in [0, 0.05) is 11.8 Å². The summed E-state index contributed by atoms with van der Waals surface area (Å²) < 4.78 is 5.12. The minimum Gasteiger partial charge on any atom is -0.497 e. The molecule has 0 spiro atoms. The average molecular weight is 278 g/mol. The molecule has 1 saturated heterocycles. The van der Waals surface area contributed by atoms with Crippen LogP contribution in [-0.2, 0) is 9.59 Å². The highest BCUT2D eigenvalue weighted by atomic mass is 16.5. The van der Waals surface area contributed by atoms with Crippen LogP contribution in [0.2, 0.25) is 0 Å². The molecule has 0 aromatic heterocycles. The molecule has 6 nitrogen and oxygen atoms in total. The van der Waals surface area contributed by atoms with Crippen molar-refractivity contribution in [1.82, 2.24) is 5.32 Å². The molecular formula is C14H20N3O3+. The van der Waals surface area contributed by atoms with Crippen LogP contribution in [0.5, 0.6) is 5.75 Å². The van der Waals surface area contributed by atoms with Gasteiger partial charge in [0.25, 0.3) is 11.8 Å². The molecule has 2 amide bonds. The lowest BCUT2D eigenvalue weighted by atomic mass is 10.2. The maximum atomic E-state index is 12.2. The van der Waals surface area contributed by atoms with Gasteiger partial charge in [0.1, 0.15) is 5.75 Å². The average Bonchev–Trinajstić information content (AvgIpc) is 2.46. The van der Waals surface area contributed by atoms with Crippen molar-refractivity contribution < 1.29 is 19.2 Å². The number of benzene rings is 1. The Morgan fingerprint density at radius 3 is 3.00 bits per heavy atom. The lowest BCUT2D eigenvalue weighted by Gasteiger charge is -2.28. The molecule has 0 aliphatic carbocycles. The first-order valence-electron chi connectivity index (χ1n) is 6.66. The van der Waals surface area contributed by atoms with Gasteiger partial charge in [-0.15, -0.1) is 0 Å². The Hall–Kier alpha value is -2.08. The number of hydrogen-bond donors (Lipinski definition) is 3. The van der Waals surface area contributed by atoms with Gasteiger partial charge in [-0.05, 0) is 19.1 Å². The number of piperazine rings is 1. The number of anilines is 1. The lowest BCUT2D eigenvalue weighted by molar-refractivity contribution is -0.907. The Kier molecular flexibility index (Phi) is 4.57. The number of carbonyl (C=O) groups is 2. The van der Waals surface area contributed by atoms with Gasteiger partial charge in [-0.25, -0.2) is 0 Å². The molecule has 1 heterocycles. The molecule has 1 fully saturated rings. The SMILES string of the molecule is COc1cccc(NC(=O)[C@@H](C)[NH+]2CCNC(=O)C2)c1. The third kappa shape index (κ3) is 3.48. The fourth-order valence-electron chi connectivity index (χ4n) is 2.23. The van der Waals surface area contributed by atoms with Gasteiger partial charge < -0.3 is 20.3 Å². The number of nitrogens with one attached hydrogen (secondary N) is 3. The molecule has 2 rings (SSSR count). The molecule has 1 aliphatic rings. The molecule has 0 bridgehead atoms. The first-order valence-corrected chi connectivity index (χ1v) is 6.66. The predicted molar refractivity (Wildman–Crippen MR) is 74.8 cm³/mol. The van der Waals surface area contributed by atoms with Crippen LogP contribution in [0.4, 0.5) is 5.69 Å². The highest BCUT2D eigenvalue weighted by molar-refractivity contribution is 5.94. The summed E-state index contributed by atoms with van der Waals surface area (Å²) in [4.78, 5) is 24.6. The summed E-state index contributed by atoms with van der Waals surface area (Å²) in [6, 6.07) is 6.95. The zero-order chi connectivity index (χ0) is 14.5. The van der Waals surface area contributed by atoms with Gasteiger partial charge in [-0.2, -0.15) is 0 Å². The van der Waals surface area contributed by atoms with E-state index >= 15 is 0 Å². The third-order valence-corrected chi connectivity index (χ3v) is 3.50. The zero-order valence-electron chi connectivity index (χ0n) is 11.7. The number of methoxy groups -OCH3 is 1. The van der Waals surface area contributed by atoms with Crippen molar-refractivity contribution in [3.05, 3.63) is 24.3 Å². The smallest absolute Gasteiger partial charge is 0.282 e. The Labute approximate surface area is 118 Å². The molecule has 0 radical (unpaired) electrons. The van der Waals surface area contributed by atoms with E-state index in [-0.39, 0.29) is 17.9 Å². The van der Waals surface area contributed by atoms with Gasteiger partial charge in [0.2, 0.25) is 0 Å². The van der Waals surface area contributed by atoms with E-state index in [2.05, 4.69) is 10.6 Å². The van der Waals surface area contributed by atoms with Gasteiger partial charge in [-0.3, -0.25) is 9.59 Å². The first kappa shape index (κ1) is 14.3. The van der Waals surface area contributed by atoms with E-state index in [9.17, 15) is 9.59 Å². The van der Waals surface area contributed by atoms with Crippen LogP contribution in [0.25, 0.3) is 0 Å². The van der Waals surface area contributed by atoms with E-state index < -0.39 is 0 Å². The summed E-state index contributed by atoms with van der Waals surface area (Å²) in [5.74, 6) is 0.593. The number of ether oxygens (including phenoxy) is 1. The van der Waals surface area contributed by atoms with Crippen LogP contribution in [0.15, 0.2) is 24.3 Å². The molecule has 1 aromatic rings. The fourth-order valence-corrected chi connectivity index (χ4v) is 2.23. The monoisotopic (exact) mass is 278 g/mol. The molecular weight excluding hydrogens is 258 g/mol. The second-order valence-electron chi connectivity index (χ2n) is 4.88. The van der Waals surface area contributed by atoms with Crippen molar-refractivity contribution >= 4 is 17.5 Å². The second kappa shape index (κ2) is 6.38. The summed E-state index contributed by atoms with van der Waals surface area (Å²) >= 11 is 0. The molecule has 1 unspecified atom stereocenters. The number of carbonyl (C=O) groups excluding carboxylic acids is 2. The van der Waals surface area contributed by atoms with Gasteiger partial charge in [0.15, 0.2) is 12.6 Å². The van der Waals surface area contributed by atoms with Crippen LogP contribution < -0.4 is 20.3 Å². The number of hydrogen-bond acceptors (Lipinski definition) is 3. The Balaban J connectivity index is 1.98. The van der Waals surface area contributed by atoms with E-state index in [0.717, 1.165) is 11.4 Å². The minimum absolute atomic E-state index is 0.00715. The van der Waals surface area contributed by atoms with E-state index in [1.807, 2.05) is 25.1 Å². The highest BCUT2D eigenvalue weighted by Gasteiger charge is 2.29. The van der Waals surface area contributed by atoms with Crippen LogP contribution in [0, 0.1) is 0 Å². The zero-order valence-corrected chi connectivity index (χ0v) is 11.7. The Morgan fingerprint density at radius 1 is 1.50 bits per heavy atom. The van der Waals surface area contributed by atoms with Crippen LogP contribution >= 0.6 is 0 Å². The van der Waals surface area contributed by atoms with Gasteiger partial charge >= 0.3 is 0 Å². The van der Waals surface area contributed by atoms with Crippen LogP contribution in [-0.4, -0.2) is 44.6 Å². The van der Waals surface area contributed by atoms with E-state index in [1.165, 1.54) is 0 Å². The fraction of sp³-hybridized carbons (Fsp3) is 0.429. The van der Waals surface area contributed by atoms with Crippen molar-refractivity contribution in [3.8, 4) is 5.75 Å². The predicted octanol–water partition coefficient (Wildman–Crippen LogP) is -0.963. The molecule has 6 heteroatoms. The van der Waals surface area contributed by atoms with Gasteiger partial charge in [-0.1, -0.05) is 6.07 Å². The molecule has 3 N–H and O–H groups in total. The summed E-state index contributed by atoms with van der Waals surface area (Å²) in [5.41, 5.74) is 0.696. The summed E-state index contributed by atoms with van der Waals surface area (Å²) in [6.45, 7) is 3.56. The second-order valence-corrected chi connectivity index (χ2v) is 4.88. The van der Waals surface area contributed by atoms with Crippen molar-refractivity contribution in [2.45, 2.75) is 13.0 Å². The number of quaternary nitrogens is 1. The molecule has 20 heavy (non-hydrogen) atoms. The first-order chi connectivity index (χ1) is 9.60. The lowest BCUT2D eigenvalue weighted by Crippen LogP contribution is -3.19. The normalized spacial score (nSPS) is 19.9. The maximum absolute atomic E-state index is 12.2. The van der Waals surface area contributed by atoms with Crippen LogP contribution in [0.1, 0.15) is 6.92 Å². The molecule has 108 valence electrons. The van der Waals surface area contributed by atoms with Crippen LogP contribution in [0.3, 0.4) is 0 Å². The minimum atomic E-state index is -0.271. The van der Waals surface area contributed by atoms with Crippen molar-refractivity contribution in [3.63, 3.8) is 0 Å². The van der Waals surface area contributed by atoms with Gasteiger partial charge in [0.05, 0.1) is 20.2 Å². The highest BCUT2D eigenvalue weighted by Crippen LogP contribution is 2.16. The molecule has 1 aromatic carbocycles. The van der Waals surface area contributed by atoms with E-state index in [4.69, 9.17) is 4.74 Å². The largest absolute Gasteiger partial charge is 0.497 e. The standard InChI is InChI=1S/C14H19N3O3/c1-10(17-7-6-15-13(18)9-17)14(19)16-11-4-3-5-12(8-11)20-2/h3-5,8,10H,6-7,9H2,1-2H3,(H,15,18)(H,16,19)/p+1/t10-/m1/s1. The quantitative estimate of drug-likeness (QED) is 0.664. The summed E-state index contributed by atoms with van der Waals surface area (Å²) in [5, 5.41) is 5.62. The number of amides is 2. The van der Waals surface area contributed by atoms with E-state index in [1.54, 1.807) is 13.2 Å². The Morgan fingerprint density at radius 2 is 2.30 bits per heavy atom. The summed E-state index contributed by atoms with van der Waals surface area (Å²) in [6.07, 6.45) is 0. The number of rotatable bonds is 4. The molecule has 1 aliphatic heterocycles. The van der Waals surface area contributed by atoms with Crippen molar-refractivity contribution in [1.29, 1.82) is 0 Å². The van der Waals surface area contributed by atoms with Crippen molar-refractivity contribution in [2.24, 2.45) is 0 Å². The van der Waals surface area contributed by atoms with E-state index in [0.29, 0.717) is 24.5 Å². The molecule has 2 atom stereocenters. The van der Waals surface area contributed by atoms with Crippen molar-refractivity contribution in [2.75, 3.05) is 32.1 Å². The third-order valence-electron chi connectivity index (χ3n) is 3.50. The topological polar surface area (TPSA) is 71.9 Å². The maximum Gasteiger partial charge on any atom is 0.282 e. The molecule has 0 saturated carbocycles. The Bertz CT molecular complexity index is 504.